The summed E-state index contributed by atoms with van der Waals surface area (Å²) in [4.78, 5) is 0. The van der Waals surface area contributed by atoms with Crippen molar-refractivity contribution in [1.29, 1.82) is 0 Å². The van der Waals surface area contributed by atoms with Gasteiger partial charge in [0, 0.05) is 13.1 Å². The first-order chi connectivity index (χ1) is 7.86. The van der Waals surface area contributed by atoms with E-state index in [1.54, 1.807) is 7.11 Å². The molecule has 0 radical (unpaired) electrons. The normalized spacial score (nSPS) is 10.1. The third-order valence-electron chi connectivity index (χ3n) is 2.11. The van der Waals surface area contributed by atoms with Gasteiger partial charge in [0.15, 0.2) is 0 Å². The molecule has 16 heavy (non-hydrogen) atoms. The summed E-state index contributed by atoms with van der Waals surface area (Å²) in [6, 6.07) is 7.90. The number of nitrogens with one attached hydrogen (secondary N) is 1. The van der Waals surface area contributed by atoms with Crippen LogP contribution in [-0.4, -0.2) is 26.8 Å². The van der Waals surface area contributed by atoms with Crippen LogP contribution in [0.4, 0.5) is 0 Å². The molecule has 0 bridgehead atoms. The Morgan fingerprint density at radius 2 is 2.31 bits per heavy atom. The van der Waals surface area contributed by atoms with Crippen LogP contribution >= 0.6 is 0 Å². The zero-order valence-corrected chi connectivity index (χ0v) is 9.74. The predicted octanol–water partition coefficient (Wildman–Crippen LogP) is 1.99. The molecule has 3 nitrogen and oxygen atoms in total. The van der Waals surface area contributed by atoms with Gasteiger partial charge in [-0.1, -0.05) is 18.2 Å². The minimum absolute atomic E-state index is 0.618. The lowest BCUT2D eigenvalue weighted by Gasteiger charge is -2.06. The monoisotopic (exact) mass is 221 g/mol. The predicted molar refractivity (Wildman–Crippen MR) is 65.7 cm³/mol. The van der Waals surface area contributed by atoms with Gasteiger partial charge in [-0.05, 0) is 17.7 Å². The molecule has 0 spiro atoms. The summed E-state index contributed by atoms with van der Waals surface area (Å²) in [5.74, 6) is 0.867. The molecule has 0 aromatic heterocycles. The summed E-state index contributed by atoms with van der Waals surface area (Å²) in [5, 5.41) is 3.18. The van der Waals surface area contributed by atoms with Crippen LogP contribution in [-0.2, 0) is 11.3 Å². The van der Waals surface area contributed by atoms with Crippen LogP contribution in [0.1, 0.15) is 5.56 Å². The molecular weight excluding hydrogens is 202 g/mol. The van der Waals surface area contributed by atoms with Gasteiger partial charge in [-0.2, -0.15) is 0 Å². The van der Waals surface area contributed by atoms with E-state index in [0.29, 0.717) is 13.2 Å². The molecule has 1 aromatic rings. The Morgan fingerprint density at radius 1 is 1.44 bits per heavy atom. The van der Waals surface area contributed by atoms with Crippen LogP contribution in [0.2, 0.25) is 0 Å². The molecule has 88 valence electrons. The van der Waals surface area contributed by atoms with Gasteiger partial charge in [-0.25, -0.2) is 0 Å². The lowest BCUT2D eigenvalue weighted by molar-refractivity contribution is 0.123. The Bertz CT molecular complexity index is 313. The van der Waals surface area contributed by atoms with Crippen molar-refractivity contribution < 1.29 is 9.47 Å². The lowest BCUT2D eigenvalue weighted by atomic mass is 10.2. The number of hydrogen-bond donors (Lipinski definition) is 1. The minimum Gasteiger partial charge on any atom is -0.497 e. The standard InChI is InChI=1S/C13H19NO2/c1-3-7-14-8-9-16-11-12-5-4-6-13(10-12)15-2/h3-6,10,14H,1,7-9,11H2,2H3. The zero-order chi connectivity index (χ0) is 11.6. The second-order valence-electron chi connectivity index (χ2n) is 3.40. The van der Waals surface area contributed by atoms with E-state index < -0.39 is 0 Å². The number of hydrogen-bond acceptors (Lipinski definition) is 3. The molecule has 0 amide bonds. The van der Waals surface area contributed by atoms with Crippen molar-refractivity contribution in [3.8, 4) is 5.75 Å². The van der Waals surface area contributed by atoms with E-state index in [-0.39, 0.29) is 0 Å². The van der Waals surface area contributed by atoms with Crippen molar-refractivity contribution in [2.75, 3.05) is 26.8 Å². The first-order valence-corrected chi connectivity index (χ1v) is 5.39. The topological polar surface area (TPSA) is 30.5 Å². The largest absolute Gasteiger partial charge is 0.497 e. The highest BCUT2D eigenvalue weighted by Gasteiger charge is 1.95. The molecule has 3 heteroatoms. The van der Waals surface area contributed by atoms with E-state index >= 15 is 0 Å². The van der Waals surface area contributed by atoms with Crippen LogP contribution in [0, 0.1) is 0 Å². The number of rotatable bonds is 8. The van der Waals surface area contributed by atoms with E-state index in [1.165, 1.54) is 0 Å². The van der Waals surface area contributed by atoms with E-state index in [0.717, 1.165) is 24.4 Å². The number of ether oxygens (including phenoxy) is 2. The fraction of sp³-hybridized carbons (Fsp3) is 0.385. The molecule has 0 aliphatic rings. The fourth-order valence-electron chi connectivity index (χ4n) is 1.30. The fourth-order valence-corrected chi connectivity index (χ4v) is 1.30. The lowest BCUT2D eigenvalue weighted by Crippen LogP contribution is -2.19. The molecule has 1 rings (SSSR count). The van der Waals surface area contributed by atoms with Crippen molar-refractivity contribution >= 4 is 0 Å². The minimum atomic E-state index is 0.618. The maximum atomic E-state index is 5.51. The third kappa shape index (κ3) is 4.96. The van der Waals surface area contributed by atoms with Gasteiger partial charge >= 0.3 is 0 Å². The molecule has 0 fully saturated rings. The Labute approximate surface area is 97.1 Å². The molecule has 0 saturated heterocycles. The SMILES string of the molecule is C=CCNCCOCc1cccc(OC)c1. The van der Waals surface area contributed by atoms with Crippen LogP contribution < -0.4 is 10.1 Å². The maximum Gasteiger partial charge on any atom is 0.119 e. The molecule has 1 aromatic carbocycles. The molecular formula is C13H19NO2. The van der Waals surface area contributed by atoms with E-state index in [9.17, 15) is 0 Å². The summed E-state index contributed by atoms with van der Waals surface area (Å²) in [6.07, 6.45) is 1.84. The average molecular weight is 221 g/mol. The van der Waals surface area contributed by atoms with Gasteiger partial charge in [0.2, 0.25) is 0 Å². The van der Waals surface area contributed by atoms with Crippen LogP contribution in [0.15, 0.2) is 36.9 Å². The highest BCUT2D eigenvalue weighted by atomic mass is 16.5. The Hall–Kier alpha value is -1.32. The highest BCUT2D eigenvalue weighted by Crippen LogP contribution is 2.12. The van der Waals surface area contributed by atoms with Crippen molar-refractivity contribution in [1.82, 2.24) is 5.32 Å². The Kier molecular flexibility index (Phi) is 6.30. The van der Waals surface area contributed by atoms with Gasteiger partial charge < -0.3 is 14.8 Å². The second kappa shape index (κ2) is 7.91. The molecule has 0 heterocycles. The average Bonchev–Trinajstić information content (AvgIpc) is 2.34. The maximum absolute atomic E-state index is 5.51. The first kappa shape index (κ1) is 12.7. The summed E-state index contributed by atoms with van der Waals surface area (Å²) in [5.41, 5.74) is 1.13. The van der Waals surface area contributed by atoms with Gasteiger partial charge in [-0.15, -0.1) is 6.58 Å². The quantitative estimate of drug-likeness (QED) is 0.538. The van der Waals surface area contributed by atoms with Gasteiger partial charge in [0.1, 0.15) is 5.75 Å². The third-order valence-corrected chi connectivity index (χ3v) is 2.11. The van der Waals surface area contributed by atoms with Crippen molar-refractivity contribution in [2.45, 2.75) is 6.61 Å². The summed E-state index contributed by atoms with van der Waals surface area (Å²) >= 11 is 0. The summed E-state index contributed by atoms with van der Waals surface area (Å²) in [7, 11) is 1.67. The summed E-state index contributed by atoms with van der Waals surface area (Å²) in [6.45, 7) is 6.61. The number of benzene rings is 1. The summed E-state index contributed by atoms with van der Waals surface area (Å²) < 4.78 is 10.6. The van der Waals surface area contributed by atoms with Crippen molar-refractivity contribution in [3.05, 3.63) is 42.5 Å². The van der Waals surface area contributed by atoms with Gasteiger partial charge in [0.25, 0.3) is 0 Å². The smallest absolute Gasteiger partial charge is 0.119 e. The first-order valence-electron chi connectivity index (χ1n) is 5.39. The van der Waals surface area contributed by atoms with E-state index in [4.69, 9.17) is 9.47 Å². The van der Waals surface area contributed by atoms with Gasteiger partial charge in [-0.3, -0.25) is 0 Å². The molecule has 1 N–H and O–H groups in total. The van der Waals surface area contributed by atoms with Crippen LogP contribution in [0.3, 0.4) is 0 Å². The molecule has 0 atom stereocenters. The number of methoxy groups -OCH3 is 1. The van der Waals surface area contributed by atoms with Gasteiger partial charge in [0.05, 0.1) is 20.3 Å². The van der Waals surface area contributed by atoms with Crippen molar-refractivity contribution in [2.24, 2.45) is 0 Å². The van der Waals surface area contributed by atoms with Crippen LogP contribution in [0.25, 0.3) is 0 Å². The molecule has 0 unspecified atom stereocenters. The van der Waals surface area contributed by atoms with E-state index in [2.05, 4.69) is 11.9 Å². The van der Waals surface area contributed by atoms with Crippen molar-refractivity contribution in [3.63, 3.8) is 0 Å². The second-order valence-corrected chi connectivity index (χ2v) is 3.40. The zero-order valence-electron chi connectivity index (χ0n) is 9.74. The van der Waals surface area contributed by atoms with Crippen LogP contribution in [0.5, 0.6) is 5.75 Å². The van der Waals surface area contributed by atoms with E-state index in [1.807, 2.05) is 30.3 Å². The molecule has 0 saturated carbocycles. The molecule has 0 aliphatic carbocycles. The highest BCUT2D eigenvalue weighted by molar-refractivity contribution is 5.27. The Balaban J connectivity index is 2.18. The Morgan fingerprint density at radius 3 is 3.06 bits per heavy atom. The molecule has 0 aliphatic heterocycles.